The summed E-state index contributed by atoms with van der Waals surface area (Å²) in [4.78, 5) is 24.8. The Bertz CT molecular complexity index is 869. The molecule has 0 saturated carbocycles. The number of hydrogen-bond donors (Lipinski definition) is 2. The second-order valence-corrected chi connectivity index (χ2v) is 8.32. The van der Waals surface area contributed by atoms with Crippen LogP contribution in [0.15, 0.2) is 36.4 Å². The van der Waals surface area contributed by atoms with Crippen LogP contribution in [0.1, 0.15) is 26.7 Å². The summed E-state index contributed by atoms with van der Waals surface area (Å²) in [7, 11) is 0. The molecule has 0 saturated heterocycles. The van der Waals surface area contributed by atoms with Crippen molar-refractivity contribution in [2.24, 2.45) is 5.41 Å². The Hall–Kier alpha value is -1.46. The molecule has 0 aliphatic rings. The highest BCUT2D eigenvalue weighted by Crippen LogP contribution is 2.30. The average molecular weight is 448 g/mol. The molecule has 0 bridgehead atoms. The van der Waals surface area contributed by atoms with Gasteiger partial charge in [-0.25, -0.2) is 0 Å². The molecule has 2 aromatic carbocycles. The van der Waals surface area contributed by atoms with Crippen LogP contribution in [0.3, 0.4) is 0 Å². The van der Waals surface area contributed by atoms with Crippen molar-refractivity contribution in [3.8, 4) is 0 Å². The molecule has 0 fully saturated rings. The van der Waals surface area contributed by atoms with Crippen molar-refractivity contribution in [2.75, 3.05) is 10.6 Å². The first kappa shape index (κ1) is 21.8. The van der Waals surface area contributed by atoms with Crippen molar-refractivity contribution in [2.45, 2.75) is 26.7 Å². The van der Waals surface area contributed by atoms with Gasteiger partial charge in [0.05, 0.1) is 21.4 Å². The van der Waals surface area contributed by atoms with Crippen LogP contribution in [0.2, 0.25) is 20.1 Å². The van der Waals surface area contributed by atoms with Gasteiger partial charge in [-0.3, -0.25) is 9.59 Å². The van der Waals surface area contributed by atoms with Crippen molar-refractivity contribution >= 4 is 69.6 Å². The standard InChI is InChI=1S/C19H18Cl4N2O2/c1-19(2,18(27)25-16-6-4-12(21)10-14(16)23)8-7-17(26)24-15-5-3-11(20)9-13(15)22/h3-6,9-10H,7-8H2,1-2H3,(H,24,26)(H,25,27). The van der Waals surface area contributed by atoms with Gasteiger partial charge >= 0.3 is 0 Å². The van der Waals surface area contributed by atoms with E-state index in [0.29, 0.717) is 37.9 Å². The second-order valence-electron chi connectivity index (χ2n) is 6.63. The van der Waals surface area contributed by atoms with E-state index in [-0.39, 0.29) is 18.2 Å². The maximum atomic E-state index is 12.6. The monoisotopic (exact) mass is 446 g/mol. The summed E-state index contributed by atoms with van der Waals surface area (Å²) in [6.45, 7) is 3.52. The molecule has 0 unspecified atom stereocenters. The number of halogens is 4. The van der Waals surface area contributed by atoms with Crippen LogP contribution in [0, 0.1) is 5.41 Å². The summed E-state index contributed by atoms with van der Waals surface area (Å²) in [5.74, 6) is -0.492. The minimum absolute atomic E-state index is 0.147. The lowest BCUT2D eigenvalue weighted by Gasteiger charge is -2.23. The van der Waals surface area contributed by atoms with Crippen LogP contribution in [-0.2, 0) is 9.59 Å². The largest absolute Gasteiger partial charge is 0.325 e. The van der Waals surface area contributed by atoms with E-state index in [1.54, 1.807) is 50.2 Å². The van der Waals surface area contributed by atoms with Crippen LogP contribution in [-0.4, -0.2) is 11.8 Å². The summed E-state index contributed by atoms with van der Waals surface area (Å²) >= 11 is 23.8. The van der Waals surface area contributed by atoms with Crippen molar-refractivity contribution in [1.29, 1.82) is 0 Å². The van der Waals surface area contributed by atoms with Crippen LogP contribution in [0.4, 0.5) is 11.4 Å². The van der Waals surface area contributed by atoms with Gasteiger partial charge in [-0.2, -0.15) is 0 Å². The molecular weight excluding hydrogens is 430 g/mol. The fraction of sp³-hybridized carbons (Fsp3) is 0.263. The van der Waals surface area contributed by atoms with Gasteiger partial charge in [-0.05, 0) is 42.8 Å². The lowest BCUT2D eigenvalue weighted by molar-refractivity contribution is -0.125. The minimum atomic E-state index is -0.788. The van der Waals surface area contributed by atoms with E-state index in [1.165, 1.54) is 0 Å². The Balaban J connectivity index is 1.94. The highest BCUT2D eigenvalue weighted by atomic mass is 35.5. The van der Waals surface area contributed by atoms with E-state index in [2.05, 4.69) is 10.6 Å². The fourth-order valence-electron chi connectivity index (χ4n) is 2.23. The van der Waals surface area contributed by atoms with Crippen molar-refractivity contribution in [1.82, 2.24) is 0 Å². The van der Waals surface area contributed by atoms with Crippen LogP contribution >= 0.6 is 46.4 Å². The first-order valence-electron chi connectivity index (χ1n) is 8.10. The van der Waals surface area contributed by atoms with Crippen LogP contribution in [0.5, 0.6) is 0 Å². The number of nitrogens with one attached hydrogen (secondary N) is 2. The van der Waals surface area contributed by atoms with Gasteiger partial charge in [-0.1, -0.05) is 60.3 Å². The number of carbonyl (C=O) groups is 2. The van der Waals surface area contributed by atoms with Crippen molar-refractivity contribution < 1.29 is 9.59 Å². The topological polar surface area (TPSA) is 58.2 Å². The maximum Gasteiger partial charge on any atom is 0.230 e. The summed E-state index contributed by atoms with van der Waals surface area (Å²) in [6, 6.07) is 9.63. The number of amides is 2. The Morgan fingerprint density at radius 1 is 0.852 bits per heavy atom. The van der Waals surface area contributed by atoms with E-state index in [0.717, 1.165) is 0 Å². The minimum Gasteiger partial charge on any atom is -0.325 e. The molecule has 8 heteroatoms. The molecule has 0 spiro atoms. The number of hydrogen-bond acceptors (Lipinski definition) is 2. The third kappa shape index (κ3) is 6.28. The van der Waals surface area contributed by atoms with Gasteiger partial charge in [-0.15, -0.1) is 0 Å². The van der Waals surface area contributed by atoms with Gasteiger partial charge in [0, 0.05) is 21.9 Å². The van der Waals surface area contributed by atoms with Gasteiger partial charge in [0.1, 0.15) is 0 Å². The smallest absolute Gasteiger partial charge is 0.230 e. The summed E-state index contributed by atoms with van der Waals surface area (Å²) < 4.78 is 0. The number of anilines is 2. The van der Waals surface area contributed by atoms with E-state index in [9.17, 15) is 9.59 Å². The molecule has 4 nitrogen and oxygen atoms in total. The molecule has 0 atom stereocenters. The molecular formula is C19H18Cl4N2O2. The fourth-order valence-corrected chi connectivity index (χ4v) is 3.14. The third-order valence-electron chi connectivity index (χ3n) is 3.98. The Labute approximate surface area is 178 Å². The molecule has 144 valence electrons. The van der Waals surface area contributed by atoms with Gasteiger partial charge in [0.15, 0.2) is 0 Å². The molecule has 0 aliphatic heterocycles. The lowest BCUT2D eigenvalue weighted by Crippen LogP contribution is -2.32. The van der Waals surface area contributed by atoms with Crippen molar-refractivity contribution in [3.63, 3.8) is 0 Å². The molecule has 2 aromatic rings. The van der Waals surface area contributed by atoms with Crippen LogP contribution < -0.4 is 10.6 Å². The van der Waals surface area contributed by atoms with E-state index < -0.39 is 5.41 Å². The first-order chi connectivity index (χ1) is 12.6. The lowest BCUT2D eigenvalue weighted by atomic mass is 9.86. The zero-order valence-corrected chi connectivity index (χ0v) is 17.7. The van der Waals surface area contributed by atoms with Gasteiger partial charge in [0.2, 0.25) is 11.8 Å². The number of carbonyl (C=O) groups excluding carboxylic acids is 2. The number of benzene rings is 2. The molecule has 2 amide bonds. The number of rotatable bonds is 6. The SMILES string of the molecule is CC(C)(CCC(=O)Nc1ccc(Cl)cc1Cl)C(=O)Nc1ccc(Cl)cc1Cl. The average Bonchev–Trinajstić information content (AvgIpc) is 2.58. The summed E-state index contributed by atoms with van der Waals surface area (Å²) in [6.07, 6.45) is 0.481. The van der Waals surface area contributed by atoms with Gasteiger partial charge in [0.25, 0.3) is 0 Å². The highest BCUT2D eigenvalue weighted by Gasteiger charge is 2.29. The predicted molar refractivity (Wildman–Crippen MR) is 113 cm³/mol. The highest BCUT2D eigenvalue weighted by molar-refractivity contribution is 6.37. The maximum absolute atomic E-state index is 12.6. The zero-order chi connectivity index (χ0) is 20.2. The second kappa shape index (κ2) is 9.16. The quantitative estimate of drug-likeness (QED) is 0.518. The molecule has 27 heavy (non-hydrogen) atoms. The first-order valence-corrected chi connectivity index (χ1v) is 9.61. The molecule has 0 radical (unpaired) electrons. The zero-order valence-electron chi connectivity index (χ0n) is 14.7. The Morgan fingerprint density at radius 2 is 1.33 bits per heavy atom. The van der Waals surface area contributed by atoms with Crippen molar-refractivity contribution in [3.05, 3.63) is 56.5 Å². The third-order valence-corrected chi connectivity index (χ3v) is 5.07. The predicted octanol–water partition coefficient (Wildman–Crippen LogP) is 6.68. The molecule has 2 N–H and O–H groups in total. The van der Waals surface area contributed by atoms with E-state index >= 15 is 0 Å². The normalized spacial score (nSPS) is 11.2. The van der Waals surface area contributed by atoms with Crippen LogP contribution in [0.25, 0.3) is 0 Å². The molecule has 2 rings (SSSR count). The Kier molecular flexibility index (Phi) is 7.40. The summed E-state index contributed by atoms with van der Waals surface area (Å²) in [5, 5.41) is 7.15. The Morgan fingerprint density at radius 3 is 1.81 bits per heavy atom. The summed E-state index contributed by atoms with van der Waals surface area (Å²) in [5.41, 5.74) is 0.155. The molecule has 0 aromatic heterocycles. The molecule has 0 aliphatic carbocycles. The van der Waals surface area contributed by atoms with Gasteiger partial charge < -0.3 is 10.6 Å². The molecule has 0 heterocycles. The van der Waals surface area contributed by atoms with E-state index in [1.807, 2.05) is 0 Å². The van der Waals surface area contributed by atoms with E-state index in [4.69, 9.17) is 46.4 Å².